The molecule has 1 heterocycles. The van der Waals surface area contributed by atoms with E-state index >= 15 is 0 Å². The molecule has 0 aliphatic carbocycles. The lowest BCUT2D eigenvalue weighted by Gasteiger charge is -2.29. The van der Waals surface area contributed by atoms with E-state index < -0.39 is 0 Å². The number of halogens is 1. The Kier molecular flexibility index (Phi) is 6.27. The van der Waals surface area contributed by atoms with Gasteiger partial charge in [0.1, 0.15) is 0 Å². The van der Waals surface area contributed by atoms with Gasteiger partial charge in [-0.2, -0.15) is 0 Å². The minimum absolute atomic E-state index is 0.369. The average molecular weight is 353 g/mol. The highest BCUT2D eigenvalue weighted by molar-refractivity contribution is 9.10. The summed E-state index contributed by atoms with van der Waals surface area (Å²) >= 11 is 3.72. The summed E-state index contributed by atoms with van der Waals surface area (Å²) in [7, 11) is 1.76. The molecule has 1 aromatic rings. The van der Waals surface area contributed by atoms with Gasteiger partial charge in [0.2, 0.25) is 0 Å². The minimum atomic E-state index is 0.369. The van der Waals surface area contributed by atoms with Crippen molar-refractivity contribution in [2.24, 2.45) is 0 Å². The largest absolute Gasteiger partial charge is 0.380 e. The summed E-state index contributed by atoms with van der Waals surface area (Å²) in [6.07, 6.45) is 3.37. The number of ether oxygens (including phenoxy) is 1. The molecule has 4 heteroatoms. The average Bonchev–Trinajstić information content (AvgIpc) is 2.48. The van der Waals surface area contributed by atoms with Gasteiger partial charge < -0.3 is 15.0 Å². The summed E-state index contributed by atoms with van der Waals surface area (Å²) in [5.41, 5.74) is 4.00. The Morgan fingerprint density at radius 3 is 2.81 bits per heavy atom. The third-order valence-electron chi connectivity index (χ3n) is 3.96. The lowest BCUT2D eigenvalue weighted by atomic mass is 10.1. The number of rotatable bonds is 6. The molecule has 0 saturated heterocycles. The van der Waals surface area contributed by atoms with Crippen molar-refractivity contribution in [3.05, 3.63) is 39.9 Å². The molecule has 1 atom stereocenters. The van der Waals surface area contributed by atoms with Crippen molar-refractivity contribution in [1.29, 1.82) is 0 Å². The van der Waals surface area contributed by atoms with Crippen molar-refractivity contribution in [1.82, 2.24) is 5.32 Å². The fourth-order valence-corrected chi connectivity index (χ4v) is 3.45. The zero-order chi connectivity index (χ0) is 15.2. The summed E-state index contributed by atoms with van der Waals surface area (Å²) in [5, 5.41) is 3.45. The quantitative estimate of drug-likeness (QED) is 0.785. The lowest BCUT2D eigenvalue weighted by Crippen LogP contribution is -2.29. The van der Waals surface area contributed by atoms with Crippen LogP contribution in [0, 0.1) is 0 Å². The van der Waals surface area contributed by atoms with E-state index in [9.17, 15) is 0 Å². The summed E-state index contributed by atoms with van der Waals surface area (Å²) in [5.74, 6) is 0. The zero-order valence-electron chi connectivity index (χ0n) is 13.2. The predicted molar refractivity (Wildman–Crippen MR) is 93.0 cm³/mol. The molecule has 2 rings (SSSR count). The second kappa shape index (κ2) is 7.97. The molecule has 1 unspecified atom stereocenters. The van der Waals surface area contributed by atoms with Crippen LogP contribution in [0.25, 0.3) is 0 Å². The highest BCUT2D eigenvalue weighted by Gasteiger charge is 2.14. The fraction of sp³-hybridized carbons (Fsp3) is 0.529. The van der Waals surface area contributed by atoms with E-state index in [1.165, 1.54) is 21.3 Å². The van der Waals surface area contributed by atoms with E-state index in [-0.39, 0.29) is 0 Å². The Morgan fingerprint density at radius 1 is 1.43 bits per heavy atom. The van der Waals surface area contributed by atoms with Gasteiger partial charge in [-0.1, -0.05) is 35.0 Å². The van der Waals surface area contributed by atoms with E-state index in [1.54, 1.807) is 7.11 Å². The number of hydrogen-bond donors (Lipinski definition) is 1. The Morgan fingerprint density at radius 2 is 2.24 bits per heavy atom. The van der Waals surface area contributed by atoms with Gasteiger partial charge in [-0.3, -0.25) is 0 Å². The molecule has 0 radical (unpaired) electrons. The van der Waals surface area contributed by atoms with Crippen molar-refractivity contribution in [2.75, 3.05) is 38.3 Å². The van der Waals surface area contributed by atoms with Crippen molar-refractivity contribution in [3.63, 3.8) is 0 Å². The third kappa shape index (κ3) is 4.31. The van der Waals surface area contributed by atoms with Crippen LogP contribution in [-0.2, 0) is 4.74 Å². The van der Waals surface area contributed by atoms with Gasteiger partial charge in [-0.15, -0.1) is 0 Å². The smallest absolute Gasteiger partial charge is 0.0674 e. The maximum atomic E-state index is 5.21. The highest BCUT2D eigenvalue weighted by Crippen LogP contribution is 2.29. The number of nitrogens with one attached hydrogen (secondary N) is 1. The first kappa shape index (κ1) is 16.5. The van der Waals surface area contributed by atoms with E-state index in [4.69, 9.17) is 4.74 Å². The lowest BCUT2D eigenvalue weighted by molar-refractivity contribution is 0.222. The van der Waals surface area contributed by atoms with E-state index in [0.717, 1.165) is 32.7 Å². The van der Waals surface area contributed by atoms with Gasteiger partial charge in [-0.25, -0.2) is 0 Å². The first-order valence-corrected chi connectivity index (χ1v) is 8.39. The molecule has 0 aromatic heterocycles. The predicted octanol–water partition coefficient (Wildman–Crippen LogP) is 3.90. The molecule has 0 spiro atoms. The summed E-state index contributed by atoms with van der Waals surface area (Å²) < 4.78 is 6.39. The van der Waals surface area contributed by atoms with Gasteiger partial charge in [0.15, 0.2) is 0 Å². The molecule has 1 N–H and O–H groups in total. The number of nitrogens with zero attached hydrogens (tertiary/aromatic N) is 1. The SMILES string of the molecule is CCNC(C)c1ccc(N2CC=C(COC)CC2)cc1Br. The molecule has 1 aliphatic heterocycles. The molecule has 0 saturated carbocycles. The highest BCUT2D eigenvalue weighted by atomic mass is 79.9. The fourth-order valence-electron chi connectivity index (χ4n) is 2.74. The number of methoxy groups -OCH3 is 1. The molecule has 1 aromatic carbocycles. The first-order chi connectivity index (χ1) is 10.2. The molecule has 0 bridgehead atoms. The summed E-state index contributed by atoms with van der Waals surface area (Å²) in [4.78, 5) is 2.41. The minimum Gasteiger partial charge on any atom is -0.380 e. The molecule has 116 valence electrons. The van der Waals surface area contributed by atoms with E-state index in [1.807, 2.05) is 0 Å². The van der Waals surface area contributed by atoms with E-state index in [0.29, 0.717) is 6.04 Å². The molecular formula is C17H25BrN2O. The van der Waals surface area contributed by atoms with Crippen LogP contribution in [-0.4, -0.2) is 33.4 Å². The van der Waals surface area contributed by atoms with Crippen molar-refractivity contribution >= 4 is 21.6 Å². The summed E-state index contributed by atoms with van der Waals surface area (Å²) in [6, 6.07) is 7.05. The molecule has 1 aliphatic rings. The standard InChI is InChI=1S/C17H25BrN2O/c1-4-19-13(2)16-6-5-15(11-17(16)18)20-9-7-14(8-10-20)12-21-3/h5-7,11,13,19H,4,8-10,12H2,1-3H3. The zero-order valence-corrected chi connectivity index (χ0v) is 14.7. The molecular weight excluding hydrogens is 328 g/mol. The Balaban J connectivity index is 2.07. The Labute approximate surface area is 136 Å². The van der Waals surface area contributed by atoms with Crippen LogP contribution in [0.5, 0.6) is 0 Å². The molecule has 3 nitrogen and oxygen atoms in total. The van der Waals surface area contributed by atoms with Gasteiger partial charge >= 0.3 is 0 Å². The van der Waals surface area contributed by atoms with Crippen molar-refractivity contribution in [3.8, 4) is 0 Å². The second-order valence-electron chi connectivity index (χ2n) is 5.48. The molecule has 21 heavy (non-hydrogen) atoms. The topological polar surface area (TPSA) is 24.5 Å². The second-order valence-corrected chi connectivity index (χ2v) is 6.33. The molecule has 0 fully saturated rings. The van der Waals surface area contributed by atoms with Crippen LogP contribution < -0.4 is 10.2 Å². The Hall–Kier alpha value is -0.840. The van der Waals surface area contributed by atoms with Crippen LogP contribution in [0.1, 0.15) is 31.9 Å². The van der Waals surface area contributed by atoms with Crippen LogP contribution in [0.3, 0.4) is 0 Å². The monoisotopic (exact) mass is 352 g/mol. The normalized spacial score (nSPS) is 16.8. The molecule has 0 amide bonds. The van der Waals surface area contributed by atoms with Crippen molar-refractivity contribution in [2.45, 2.75) is 26.3 Å². The van der Waals surface area contributed by atoms with Crippen molar-refractivity contribution < 1.29 is 4.74 Å². The Bertz CT molecular complexity index is 502. The maximum absolute atomic E-state index is 5.21. The van der Waals surface area contributed by atoms with E-state index in [2.05, 4.69) is 64.3 Å². The van der Waals surface area contributed by atoms with Gasteiger partial charge in [0.25, 0.3) is 0 Å². The van der Waals surface area contributed by atoms with Gasteiger partial charge in [0, 0.05) is 36.4 Å². The number of benzene rings is 1. The summed E-state index contributed by atoms with van der Waals surface area (Å²) in [6.45, 7) is 8.10. The first-order valence-electron chi connectivity index (χ1n) is 7.60. The third-order valence-corrected chi connectivity index (χ3v) is 4.65. The van der Waals surface area contributed by atoms with Crippen LogP contribution >= 0.6 is 15.9 Å². The number of anilines is 1. The van der Waals surface area contributed by atoms with Gasteiger partial charge in [-0.05, 0) is 43.2 Å². The van der Waals surface area contributed by atoms with Gasteiger partial charge in [0.05, 0.1) is 6.61 Å². The maximum Gasteiger partial charge on any atom is 0.0674 e. The van der Waals surface area contributed by atoms with Crippen LogP contribution in [0.4, 0.5) is 5.69 Å². The van der Waals surface area contributed by atoms with Crippen LogP contribution in [0.15, 0.2) is 34.3 Å². The van der Waals surface area contributed by atoms with Crippen LogP contribution in [0.2, 0.25) is 0 Å². The number of hydrogen-bond acceptors (Lipinski definition) is 3.